The molecule has 2 N–H and O–H groups in total. The molecule has 2 aromatic carbocycles. The molecule has 0 aliphatic heterocycles. The lowest BCUT2D eigenvalue weighted by Crippen LogP contribution is -2.19. The number of aromatic nitrogens is 5. The number of methoxy groups -OCH3 is 1. The molecule has 0 amide bonds. The molecule has 0 saturated heterocycles. The molecule has 6 aromatic rings. The van der Waals surface area contributed by atoms with E-state index in [0.717, 1.165) is 56.6 Å². The lowest BCUT2D eigenvalue weighted by Gasteiger charge is -2.11. The summed E-state index contributed by atoms with van der Waals surface area (Å²) in [5.74, 6) is 0.809. The number of ether oxygens (including phenoxy) is 2. The molecule has 9 heteroatoms. The maximum atomic E-state index is 14.3. The van der Waals surface area contributed by atoms with Gasteiger partial charge < -0.3 is 19.4 Å². The van der Waals surface area contributed by atoms with Crippen LogP contribution in [0.2, 0.25) is 0 Å². The minimum Gasteiger partial charge on any atom is -0.497 e. The van der Waals surface area contributed by atoms with Crippen LogP contribution < -0.4 is 9.47 Å². The number of rotatable bonds is 8. The summed E-state index contributed by atoms with van der Waals surface area (Å²) >= 11 is 0. The number of hydrogen-bond donors (Lipinski definition) is 2. The average molecular weight is 523 g/mol. The number of nitrogens with zero attached hydrogens (tertiary/aromatic N) is 4. The quantitative estimate of drug-likeness (QED) is 0.258. The highest BCUT2D eigenvalue weighted by Crippen LogP contribution is 2.35. The average Bonchev–Trinajstić information content (AvgIpc) is 3.56. The Kier molecular flexibility index (Phi) is 6.42. The monoisotopic (exact) mass is 522 g/mol. The maximum Gasteiger partial charge on any atom is 0.138 e. The van der Waals surface area contributed by atoms with Crippen LogP contribution in [0.15, 0.2) is 73.1 Å². The van der Waals surface area contributed by atoms with Gasteiger partial charge in [-0.05, 0) is 67.7 Å². The molecule has 0 saturated carbocycles. The molecule has 8 nitrogen and oxygen atoms in total. The fourth-order valence-corrected chi connectivity index (χ4v) is 4.60. The second-order valence-corrected chi connectivity index (χ2v) is 9.56. The summed E-state index contributed by atoms with van der Waals surface area (Å²) in [7, 11) is 5.54. The van der Waals surface area contributed by atoms with Gasteiger partial charge >= 0.3 is 0 Å². The van der Waals surface area contributed by atoms with Crippen LogP contribution in [0.25, 0.3) is 55.7 Å². The van der Waals surface area contributed by atoms with E-state index in [1.165, 1.54) is 19.2 Å². The van der Waals surface area contributed by atoms with Gasteiger partial charge in [-0.1, -0.05) is 12.1 Å². The van der Waals surface area contributed by atoms with E-state index in [-0.39, 0.29) is 5.82 Å². The van der Waals surface area contributed by atoms with Gasteiger partial charge in [0.25, 0.3) is 0 Å². The van der Waals surface area contributed by atoms with Crippen LogP contribution >= 0.6 is 0 Å². The fourth-order valence-electron chi connectivity index (χ4n) is 4.60. The highest BCUT2D eigenvalue weighted by Gasteiger charge is 2.16. The summed E-state index contributed by atoms with van der Waals surface area (Å²) < 4.78 is 25.4. The van der Waals surface area contributed by atoms with Crippen molar-refractivity contribution in [2.45, 2.75) is 0 Å². The van der Waals surface area contributed by atoms with Crippen molar-refractivity contribution >= 4 is 21.9 Å². The first-order chi connectivity index (χ1) is 19.0. The molecule has 0 fully saturated rings. The molecule has 0 bridgehead atoms. The molecule has 0 aliphatic carbocycles. The van der Waals surface area contributed by atoms with Crippen molar-refractivity contribution in [3.63, 3.8) is 0 Å². The SMILES string of the molecule is COc1cc(F)cc(-c2cccc3[nH]c(-c4n[nH]c5ccc(-c6cncc(OCCN(C)C)c6)nc45)cc23)c1. The Hall–Kier alpha value is -4.76. The van der Waals surface area contributed by atoms with Crippen LogP contribution in [0.5, 0.6) is 11.5 Å². The molecule has 39 heavy (non-hydrogen) atoms. The first-order valence-electron chi connectivity index (χ1n) is 12.5. The molecular formula is C30H27FN6O2. The van der Waals surface area contributed by atoms with Crippen LogP contribution in [-0.4, -0.2) is 64.4 Å². The van der Waals surface area contributed by atoms with Crippen LogP contribution in [0.4, 0.5) is 4.39 Å². The van der Waals surface area contributed by atoms with Crippen molar-refractivity contribution in [3.05, 3.63) is 78.9 Å². The van der Waals surface area contributed by atoms with E-state index in [1.54, 1.807) is 12.4 Å². The van der Waals surface area contributed by atoms with Gasteiger partial charge in [-0.25, -0.2) is 9.37 Å². The van der Waals surface area contributed by atoms with Gasteiger partial charge in [0, 0.05) is 35.3 Å². The summed E-state index contributed by atoms with van der Waals surface area (Å²) in [6.07, 6.45) is 3.48. The second kappa shape index (κ2) is 10.2. The molecule has 4 heterocycles. The third-order valence-electron chi connectivity index (χ3n) is 6.56. The smallest absolute Gasteiger partial charge is 0.138 e. The van der Waals surface area contributed by atoms with Crippen molar-refractivity contribution in [1.82, 2.24) is 30.0 Å². The number of aromatic amines is 2. The minimum atomic E-state index is -0.353. The predicted octanol–water partition coefficient (Wildman–Crippen LogP) is 5.92. The Balaban J connectivity index is 1.38. The zero-order valence-electron chi connectivity index (χ0n) is 21.8. The van der Waals surface area contributed by atoms with Crippen LogP contribution in [0, 0.1) is 5.82 Å². The van der Waals surface area contributed by atoms with Gasteiger partial charge in [0.1, 0.15) is 35.1 Å². The summed E-state index contributed by atoms with van der Waals surface area (Å²) in [6, 6.07) is 18.5. The van der Waals surface area contributed by atoms with E-state index >= 15 is 0 Å². The highest BCUT2D eigenvalue weighted by molar-refractivity contribution is 6.00. The summed E-state index contributed by atoms with van der Waals surface area (Å²) in [6.45, 7) is 1.38. The Morgan fingerprint density at radius 2 is 1.79 bits per heavy atom. The molecule has 0 atom stereocenters. The Bertz CT molecular complexity index is 1790. The Labute approximate surface area is 224 Å². The number of fused-ring (bicyclic) bond motifs is 2. The third-order valence-corrected chi connectivity index (χ3v) is 6.56. The van der Waals surface area contributed by atoms with Crippen LogP contribution in [0.3, 0.4) is 0 Å². The van der Waals surface area contributed by atoms with Gasteiger partial charge in [0.2, 0.25) is 0 Å². The molecule has 4 aromatic heterocycles. The number of likely N-dealkylation sites (N-methyl/N-ethyl adjacent to an activating group) is 1. The van der Waals surface area contributed by atoms with Crippen molar-refractivity contribution < 1.29 is 13.9 Å². The van der Waals surface area contributed by atoms with Gasteiger partial charge in [0.15, 0.2) is 0 Å². The first kappa shape index (κ1) is 24.6. The summed E-state index contributed by atoms with van der Waals surface area (Å²) in [5, 5.41) is 8.60. The lowest BCUT2D eigenvalue weighted by atomic mass is 10.0. The predicted molar refractivity (Wildman–Crippen MR) is 150 cm³/mol. The van der Waals surface area contributed by atoms with E-state index in [2.05, 4.69) is 25.1 Å². The number of H-pyrrole nitrogens is 2. The number of pyridine rings is 2. The van der Waals surface area contributed by atoms with Crippen molar-refractivity contribution in [2.24, 2.45) is 0 Å². The molecular weight excluding hydrogens is 495 g/mol. The number of halogens is 1. The van der Waals surface area contributed by atoms with E-state index in [9.17, 15) is 4.39 Å². The fraction of sp³-hybridized carbons (Fsp3) is 0.167. The topological polar surface area (TPSA) is 92.0 Å². The first-order valence-corrected chi connectivity index (χ1v) is 12.5. The number of benzene rings is 2. The van der Waals surface area contributed by atoms with E-state index < -0.39 is 0 Å². The normalized spacial score (nSPS) is 11.5. The van der Waals surface area contributed by atoms with Gasteiger partial charge in [-0.3, -0.25) is 10.1 Å². The zero-order valence-corrected chi connectivity index (χ0v) is 21.8. The third kappa shape index (κ3) is 4.92. The minimum absolute atomic E-state index is 0.353. The maximum absolute atomic E-state index is 14.3. The molecule has 0 spiro atoms. The van der Waals surface area contributed by atoms with Gasteiger partial charge in [0.05, 0.1) is 30.2 Å². The van der Waals surface area contributed by atoms with E-state index in [0.29, 0.717) is 23.8 Å². The Morgan fingerprint density at radius 1 is 0.923 bits per heavy atom. The van der Waals surface area contributed by atoms with Crippen LogP contribution in [-0.2, 0) is 0 Å². The van der Waals surface area contributed by atoms with Crippen molar-refractivity contribution in [3.8, 4) is 45.3 Å². The van der Waals surface area contributed by atoms with Crippen molar-refractivity contribution in [1.29, 1.82) is 0 Å². The highest BCUT2D eigenvalue weighted by atomic mass is 19.1. The van der Waals surface area contributed by atoms with Gasteiger partial charge in [-0.15, -0.1) is 0 Å². The van der Waals surface area contributed by atoms with E-state index in [4.69, 9.17) is 14.5 Å². The molecule has 6 rings (SSSR count). The number of nitrogens with one attached hydrogen (secondary N) is 2. The van der Waals surface area contributed by atoms with E-state index in [1.807, 2.05) is 62.6 Å². The summed E-state index contributed by atoms with van der Waals surface area (Å²) in [5.41, 5.74) is 7.18. The largest absolute Gasteiger partial charge is 0.497 e. The molecule has 0 radical (unpaired) electrons. The lowest BCUT2D eigenvalue weighted by molar-refractivity contribution is 0.261. The standard InChI is InChI=1S/C30H27FN6O2/c1-37(2)9-10-39-22-13-19(16-32-17-22)25-7-8-27-29(34-25)30(36-35-27)28-15-24-23(5-4-6-26(24)33-28)18-11-20(31)14-21(12-18)38-3/h4-8,11-17,33H,9-10H2,1-3H3,(H,35,36). The molecule has 0 aliphatic rings. The second-order valence-electron chi connectivity index (χ2n) is 9.56. The molecule has 196 valence electrons. The van der Waals surface area contributed by atoms with Gasteiger partial charge in [-0.2, -0.15) is 5.10 Å². The summed E-state index contributed by atoms with van der Waals surface area (Å²) in [4.78, 5) is 14.8. The number of hydrogen-bond acceptors (Lipinski definition) is 6. The molecule has 0 unspecified atom stereocenters. The zero-order chi connectivity index (χ0) is 26.9. The Morgan fingerprint density at radius 3 is 2.64 bits per heavy atom. The van der Waals surface area contributed by atoms with Crippen molar-refractivity contribution in [2.75, 3.05) is 34.4 Å². The van der Waals surface area contributed by atoms with Crippen LogP contribution in [0.1, 0.15) is 0 Å².